The zero-order chi connectivity index (χ0) is 17.6. The van der Waals surface area contributed by atoms with E-state index in [2.05, 4.69) is 10.3 Å². The summed E-state index contributed by atoms with van der Waals surface area (Å²) in [4.78, 5) is 0.279. The minimum Gasteiger partial charge on any atom is -0.454 e. The van der Waals surface area contributed by atoms with Crippen molar-refractivity contribution in [2.24, 2.45) is 4.40 Å². The maximum absolute atomic E-state index is 12.5. The van der Waals surface area contributed by atoms with Crippen molar-refractivity contribution in [1.29, 1.82) is 0 Å². The third kappa shape index (κ3) is 2.91. The second kappa shape index (κ2) is 6.07. The molecule has 1 aliphatic rings. The molecule has 1 aromatic carbocycles. The summed E-state index contributed by atoms with van der Waals surface area (Å²) < 4.78 is 42.7. The summed E-state index contributed by atoms with van der Waals surface area (Å²) in [6.45, 7) is 0.339. The van der Waals surface area contributed by atoms with Gasteiger partial charge in [-0.25, -0.2) is 0 Å². The van der Waals surface area contributed by atoms with Crippen LogP contribution >= 0.6 is 34.3 Å². The lowest BCUT2D eigenvalue weighted by molar-refractivity contribution is 0.174. The summed E-state index contributed by atoms with van der Waals surface area (Å²) in [6, 6.07) is 6.53. The first-order valence-corrected chi connectivity index (χ1v) is 10.4. The molecule has 3 aromatic rings. The van der Waals surface area contributed by atoms with Gasteiger partial charge in [-0.05, 0) is 12.1 Å². The maximum atomic E-state index is 12.5. The van der Waals surface area contributed by atoms with Gasteiger partial charge >= 0.3 is 0 Å². The fraction of sp³-hybridized carbons (Fsp3) is 0.133. The molecule has 10 heteroatoms. The van der Waals surface area contributed by atoms with Crippen LogP contribution in [0.4, 0.5) is 0 Å². The first kappa shape index (κ1) is 16.5. The Morgan fingerprint density at radius 3 is 2.72 bits per heavy atom. The van der Waals surface area contributed by atoms with E-state index in [4.69, 9.17) is 27.5 Å². The van der Waals surface area contributed by atoms with Crippen molar-refractivity contribution in [3.8, 4) is 23.8 Å². The van der Waals surface area contributed by atoms with Crippen LogP contribution in [0.3, 0.4) is 0 Å². The molecule has 0 unspecified atom stereocenters. The van der Waals surface area contributed by atoms with E-state index in [1.54, 1.807) is 16.7 Å². The number of ether oxygens (including phenoxy) is 2. The molecule has 0 saturated heterocycles. The highest BCUT2D eigenvalue weighted by molar-refractivity contribution is 7.92. The first-order chi connectivity index (χ1) is 12.0. The number of thiazole rings is 1. The highest BCUT2D eigenvalue weighted by Gasteiger charge is 2.20. The summed E-state index contributed by atoms with van der Waals surface area (Å²) in [5, 5.41) is 0. The average Bonchev–Trinajstić information content (AvgIpc) is 3.25. The van der Waals surface area contributed by atoms with Crippen LogP contribution in [0.5, 0.6) is 11.5 Å². The van der Waals surface area contributed by atoms with Crippen molar-refractivity contribution >= 4 is 54.5 Å². The summed E-state index contributed by atoms with van der Waals surface area (Å²) in [7, 11) is -3.88. The number of benzene rings is 1. The number of nitrogens with zero attached hydrogens (tertiary/aromatic N) is 2. The number of rotatable bonds is 3. The molecule has 0 saturated carbocycles. The second-order valence-electron chi connectivity index (χ2n) is 4.97. The fourth-order valence-electron chi connectivity index (χ4n) is 2.36. The Morgan fingerprint density at radius 1 is 1.28 bits per heavy atom. The van der Waals surface area contributed by atoms with Crippen LogP contribution in [0.15, 0.2) is 32.9 Å². The molecular weight excluding hydrogens is 404 g/mol. The maximum Gasteiger partial charge on any atom is 0.294 e. The monoisotopic (exact) mass is 412 g/mol. The Morgan fingerprint density at radius 2 is 2.04 bits per heavy atom. The van der Waals surface area contributed by atoms with Gasteiger partial charge in [0.2, 0.25) is 11.6 Å². The topological polar surface area (TPSA) is 69.9 Å². The number of fused-ring (bicyclic) bond motifs is 2. The molecule has 6 nitrogen and oxygen atoms in total. The van der Waals surface area contributed by atoms with Crippen LogP contribution in [0.2, 0.25) is 4.34 Å². The molecule has 0 radical (unpaired) electrons. The van der Waals surface area contributed by atoms with Gasteiger partial charge in [-0.3, -0.25) is 0 Å². The number of sulfonamides is 1. The Balaban J connectivity index is 1.95. The minimum atomic E-state index is -3.88. The summed E-state index contributed by atoms with van der Waals surface area (Å²) in [5.41, 5.74) is 0.741. The Hall–Kier alpha value is -1.99. The third-order valence-electron chi connectivity index (χ3n) is 3.43. The smallest absolute Gasteiger partial charge is 0.294 e. The van der Waals surface area contributed by atoms with Crippen molar-refractivity contribution in [2.75, 3.05) is 6.79 Å². The van der Waals surface area contributed by atoms with Crippen LogP contribution in [0.25, 0.3) is 10.2 Å². The second-order valence-corrected chi connectivity index (χ2v) is 9.53. The van der Waals surface area contributed by atoms with E-state index in [0.29, 0.717) is 15.8 Å². The van der Waals surface area contributed by atoms with Crippen molar-refractivity contribution < 1.29 is 17.9 Å². The van der Waals surface area contributed by atoms with Crippen molar-refractivity contribution in [1.82, 2.24) is 4.57 Å². The largest absolute Gasteiger partial charge is 0.454 e. The van der Waals surface area contributed by atoms with E-state index in [1.807, 2.05) is 0 Å². The van der Waals surface area contributed by atoms with Crippen LogP contribution < -0.4 is 14.3 Å². The van der Waals surface area contributed by atoms with E-state index in [9.17, 15) is 8.42 Å². The molecule has 0 atom stereocenters. The molecule has 4 rings (SSSR count). The van der Waals surface area contributed by atoms with Gasteiger partial charge in [0.05, 0.1) is 21.1 Å². The van der Waals surface area contributed by atoms with Gasteiger partial charge < -0.3 is 14.0 Å². The summed E-state index contributed by atoms with van der Waals surface area (Å²) in [6.07, 6.45) is 5.44. The number of aromatic nitrogens is 1. The van der Waals surface area contributed by atoms with Crippen molar-refractivity contribution in [3.05, 3.63) is 33.4 Å². The van der Waals surface area contributed by atoms with E-state index in [0.717, 1.165) is 21.6 Å². The van der Waals surface area contributed by atoms with Crippen molar-refractivity contribution in [2.45, 2.75) is 10.8 Å². The zero-order valence-electron chi connectivity index (χ0n) is 12.4. The van der Waals surface area contributed by atoms with Crippen LogP contribution in [-0.2, 0) is 16.6 Å². The number of hydrogen-bond acceptors (Lipinski definition) is 6. The quantitative estimate of drug-likeness (QED) is 0.620. The lowest BCUT2D eigenvalue weighted by Gasteiger charge is -2.01. The molecule has 25 heavy (non-hydrogen) atoms. The fourth-order valence-corrected chi connectivity index (χ4v) is 6.06. The molecule has 0 spiro atoms. The third-order valence-corrected chi connectivity index (χ3v) is 7.55. The van der Waals surface area contributed by atoms with Crippen molar-refractivity contribution in [3.63, 3.8) is 0 Å². The standard InChI is InChI=1S/C15H9ClN2O4S3/c1-2-5-18-9-6-10-11(22-8-21-10)7-12(9)23-15(18)17-25(19,20)14-4-3-13(16)24-14/h1,3-4,6-7H,5,8H2/b17-15-. The Kier molecular flexibility index (Phi) is 4.00. The van der Waals surface area contributed by atoms with Crippen LogP contribution in [0, 0.1) is 12.3 Å². The van der Waals surface area contributed by atoms with E-state index in [1.165, 1.54) is 23.5 Å². The summed E-state index contributed by atoms with van der Waals surface area (Å²) >= 11 is 8.00. The lowest BCUT2D eigenvalue weighted by Crippen LogP contribution is -2.16. The number of terminal acetylenes is 1. The van der Waals surface area contributed by atoms with E-state index >= 15 is 0 Å². The lowest BCUT2D eigenvalue weighted by atomic mass is 10.3. The molecule has 0 N–H and O–H groups in total. The van der Waals surface area contributed by atoms with Gasteiger partial charge in [0, 0.05) is 12.1 Å². The van der Waals surface area contributed by atoms with E-state index < -0.39 is 10.0 Å². The first-order valence-electron chi connectivity index (χ1n) is 6.91. The predicted octanol–water partition coefficient (Wildman–Crippen LogP) is 3.07. The molecule has 0 fully saturated rings. The number of hydrogen-bond donors (Lipinski definition) is 0. The molecule has 1 aliphatic heterocycles. The molecule has 0 aliphatic carbocycles. The van der Waals surface area contributed by atoms with Gasteiger partial charge in [-0.1, -0.05) is 28.9 Å². The highest BCUT2D eigenvalue weighted by Crippen LogP contribution is 2.37. The van der Waals surface area contributed by atoms with Gasteiger partial charge in [0.25, 0.3) is 10.0 Å². The molecule has 3 heterocycles. The number of halogens is 1. The van der Waals surface area contributed by atoms with Crippen LogP contribution in [0.1, 0.15) is 0 Å². The van der Waals surface area contributed by atoms with Gasteiger partial charge in [-0.2, -0.15) is 8.42 Å². The zero-order valence-corrected chi connectivity index (χ0v) is 15.6. The molecule has 128 valence electrons. The number of thiophene rings is 1. The van der Waals surface area contributed by atoms with E-state index in [-0.39, 0.29) is 22.3 Å². The molecular formula is C15H9ClN2O4S3. The predicted molar refractivity (Wildman–Crippen MR) is 96.8 cm³/mol. The average molecular weight is 413 g/mol. The van der Waals surface area contributed by atoms with Gasteiger partial charge in [0.1, 0.15) is 4.21 Å². The Labute approximate surface area is 156 Å². The minimum absolute atomic E-state index is 0.0800. The SMILES string of the molecule is C#CCn1/c(=N/S(=O)(=O)c2ccc(Cl)s2)sc2cc3c(cc21)OCO3. The Bertz CT molecular complexity index is 1200. The van der Waals surface area contributed by atoms with Crippen LogP contribution in [-0.4, -0.2) is 19.8 Å². The molecule has 0 amide bonds. The van der Waals surface area contributed by atoms with Gasteiger partial charge in [-0.15, -0.1) is 22.2 Å². The normalized spacial score (nSPS) is 14.2. The molecule has 0 bridgehead atoms. The molecule has 2 aromatic heterocycles. The highest BCUT2D eigenvalue weighted by atomic mass is 35.5. The van der Waals surface area contributed by atoms with Gasteiger partial charge in [0.15, 0.2) is 11.5 Å². The summed E-state index contributed by atoms with van der Waals surface area (Å²) in [5.74, 6) is 3.73.